The maximum absolute atomic E-state index is 11.2. The molecule has 0 radical (unpaired) electrons. The van der Waals surface area contributed by atoms with Crippen LogP contribution >= 0.6 is 0 Å². The van der Waals surface area contributed by atoms with E-state index in [1.54, 1.807) is 0 Å². The zero-order valence-corrected chi connectivity index (χ0v) is 7.71. The van der Waals surface area contributed by atoms with Crippen molar-refractivity contribution < 1.29 is 9.53 Å². The van der Waals surface area contributed by atoms with Crippen LogP contribution in [0.2, 0.25) is 0 Å². The standard InChI is InChI=1S/C9H16N2O2/c10-8(12)7-9(3-1-2-4-9)13-6-5-11-7/h7,11H,1-6H2,(H2,10,12). The van der Waals surface area contributed by atoms with E-state index in [9.17, 15) is 4.79 Å². The number of morpholine rings is 1. The van der Waals surface area contributed by atoms with Crippen LogP contribution in [-0.2, 0) is 9.53 Å². The average Bonchev–Trinajstić information content (AvgIpc) is 2.54. The summed E-state index contributed by atoms with van der Waals surface area (Å²) in [7, 11) is 0. The SMILES string of the molecule is NC(=O)C1NCCOC12CCCC2. The van der Waals surface area contributed by atoms with E-state index in [2.05, 4.69) is 5.32 Å². The molecule has 0 aromatic carbocycles. The molecule has 1 aliphatic carbocycles. The predicted octanol–water partition coefficient (Wildman–Crippen LogP) is -0.227. The first-order valence-electron chi connectivity index (χ1n) is 4.91. The summed E-state index contributed by atoms with van der Waals surface area (Å²) in [5.41, 5.74) is 5.07. The highest BCUT2D eigenvalue weighted by Crippen LogP contribution is 2.37. The van der Waals surface area contributed by atoms with E-state index < -0.39 is 0 Å². The Morgan fingerprint density at radius 3 is 2.77 bits per heavy atom. The second-order valence-corrected chi connectivity index (χ2v) is 3.91. The minimum absolute atomic E-state index is 0.274. The van der Waals surface area contributed by atoms with Gasteiger partial charge in [-0.1, -0.05) is 12.8 Å². The summed E-state index contributed by atoms with van der Waals surface area (Å²) in [6, 6.07) is -0.274. The zero-order valence-electron chi connectivity index (χ0n) is 7.71. The minimum Gasteiger partial charge on any atom is -0.371 e. The van der Waals surface area contributed by atoms with Crippen LogP contribution in [0.5, 0.6) is 0 Å². The molecule has 0 bridgehead atoms. The summed E-state index contributed by atoms with van der Waals surface area (Å²) >= 11 is 0. The zero-order chi connectivity index (χ0) is 9.31. The third-order valence-electron chi connectivity index (χ3n) is 3.10. The molecule has 2 rings (SSSR count). The molecule has 2 fully saturated rings. The number of hydrogen-bond acceptors (Lipinski definition) is 3. The van der Waals surface area contributed by atoms with Crippen molar-refractivity contribution in [3.63, 3.8) is 0 Å². The number of hydrogen-bond donors (Lipinski definition) is 2. The molecule has 4 heteroatoms. The van der Waals surface area contributed by atoms with Crippen molar-refractivity contribution in [2.24, 2.45) is 5.73 Å². The first-order chi connectivity index (χ1) is 6.25. The van der Waals surface area contributed by atoms with Gasteiger partial charge in [0.1, 0.15) is 6.04 Å². The number of primary amides is 1. The summed E-state index contributed by atoms with van der Waals surface area (Å²) in [4.78, 5) is 11.2. The van der Waals surface area contributed by atoms with Gasteiger partial charge in [0.2, 0.25) is 5.91 Å². The van der Waals surface area contributed by atoms with Gasteiger partial charge < -0.3 is 15.8 Å². The van der Waals surface area contributed by atoms with Crippen molar-refractivity contribution in [1.82, 2.24) is 5.32 Å². The lowest BCUT2D eigenvalue weighted by molar-refractivity contribution is -0.138. The smallest absolute Gasteiger partial charge is 0.237 e. The molecule has 1 heterocycles. The van der Waals surface area contributed by atoms with E-state index in [1.165, 1.54) is 0 Å². The molecule has 0 aromatic heterocycles. The average molecular weight is 184 g/mol. The second kappa shape index (κ2) is 3.27. The Hall–Kier alpha value is -0.610. The fraction of sp³-hybridized carbons (Fsp3) is 0.889. The fourth-order valence-electron chi connectivity index (χ4n) is 2.49. The normalized spacial score (nSPS) is 32.2. The van der Waals surface area contributed by atoms with Gasteiger partial charge in [-0.25, -0.2) is 0 Å². The molecule has 1 atom stereocenters. The van der Waals surface area contributed by atoms with Crippen LogP contribution in [0.4, 0.5) is 0 Å². The topological polar surface area (TPSA) is 64.4 Å². The highest BCUT2D eigenvalue weighted by molar-refractivity contribution is 5.81. The summed E-state index contributed by atoms with van der Waals surface area (Å²) in [5, 5.41) is 3.15. The third-order valence-corrected chi connectivity index (χ3v) is 3.10. The van der Waals surface area contributed by atoms with Gasteiger partial charge in [0.25, 0.3) is 0 Å². The minimum atomic E-state index is -0.276. The summed E-state index contributed by atoms with van der Waals surface area (Å²) in [6.07, 6.45) is 4.22. The van der Waals surface area contributed by atoms with Crippen LogP contribution in [0.25, 0.3) is 0 Å². The van der Waals surface area contributed by atoms with Crippen LogP contribution in [0.15, 0.2) is 0 Å². The molecule has 1 saturated heterocycles. The molecule has 4 nitrogen and oxygen atoms in total. The van der Waals surface area contributed by atoms with Crippen LogP contribution in [0, 0.1) is 0 Å². The van der Waals surface area contributed by atoms with E-state index >= 15 is 0 Å². The van der Waals surface area contributed by atoms with Crippen molar-refractivity contribution in [1.29, 1.82) is 0 Å². The fourth-order valence-corrected chi connectivity index (χ4v) is 2.49. The Bertz CT molecular complexity index is 212. The molecule has 0 aromatic rings. The van der Waals surface area contributed by atoms with Crippen molar-refractivity contribution in [3.05, 3.63) is 0 Å². The van der Waals surface area contributed by atoms with Crippen LogP contribution in [0.1, 0.15) is 25.7 Å². The number of amides is 1. The molecule has 3 N–H and O–H groups in total. The van der Waals surface area contributed by atoms with Crippen LogP contribution in [0.3, 0.4) is 0 Å². The molecule has 1 spiro atoms. The molecule has 1 aliphatic heterocycles. The van der Waals surface area contributed by atoms with E-state index in [-0.39, 0.29) is 17.6 Å². The number of carbonyl (C=O) groups is 1. The van der Waals surface area contributed by atoms with Crippen molar-refractivity contribution >= 4 is 5.91 Å². The highest BCUT2D eigenvalue weighted by atomic mass is 16.5. The summed E-state index contributed by atoms with van der Waals surface area (Å²) < 4.78 is 5.74. The monoisotopic (exact) mass is 184 g/mol. The molecule has 1 amide bonds. The Morgan fingerprint density at radius 1 is 1.46 bits per heavy atom. The maximum Gasteiger partial charge on any atom is 0.237 e. The maximum atomic E-state index is 11.2. The Balaban J connectivity index is 2.16. The van der Waals surface area contributed by atoms with Crippen LogP contribution < -0.4 is 11.1 Å². The molecule has 13 heavy (non-hydrogen) atoms. The number of carbonyl (C=O) groups excluding carboxylic acids is 1. The van der Waals surface area contributed by atoms with Gasteiger partial charge in [-0.3, -0.25) is 4.79 Å². The van der Waals surface area contributed by atoms with Gasteiger partial charge in [-0.2, -0.15) is 0 Å². The third kappa shape index (κ3) is 1.44. The molecule has 1 unspecified atom stereocenters. The number of ether oxygens (including phenoxy) is 1. The van der Waals surface area contributed by atoms with Crippen molar-refractivity contribution in [2.45, 2.75) is 37.3 Å². The number of nitrogens with two attached hydrogens (primary N) is 1. The predicted molar refractivity (Wildman–Crippen MR) is 48.1 cm³/mol. The van der Waals surface area contributed by atoms with Gasteiger partial charge in [0.05, 0.1) is 12.2 Å². The largest absolute Gasteiger partial charge is 0.371 e. The summed E-state index contributed by atoms with van der Waals surface area (Å²) in [5.74, 6) is -0.276. The Morgan fingerprint density at radius 2 is 2.15 bits per heavy atom. The lowest BCUT2D eigenvalue weighted by Gasteiger charge is -2.40. The lowest BCUT2D eigenvalue weighted by atomic mass is 9.90. The van der Waals surface area contributed by atoms with Gasteiger partial charge in [-0.15, -0.1) is 0 Å². The van der Waals surface area contributed by atoms with Gasteiger partial charge >= 0.3 is 0 Å². The number of rotatable bonds is 1. The van der Waals surface area contributed by atoms with E-state index in [4.69, 9.17) is 10.5 Å². The second-order valence-electron chi connectivity index (χ2n) is 3.91. The van der Waals surface area contributed by atoms with E-state index in [0.29, 0.717) is 6.61 Å². The molecular weight excluding hydrogens is 168 g/mol. The first-order valence-corrected chi connectivity index (χ1v) is 4.91. The quantitative estimate of drug-likeness (QED) is 0.592. The molecule has 74 valence electrons. The van der Waals surface area contributed by atoms with Gasteiger partial charge in [0, 0.05) is 6.54 Å². The Labute approximate surface area is 77.8 Å². The summed E-state index contributed by atoms with van der Waals surface area (Å²) in [6.45, 7) is 1.43. The first kappa shape index (κ1) is 8.97. The van der Waals surface area contributed by atoms with E-state index in [0.717, 1.165) is 32.2 Å². The lowest BCUT2D eigenvalue weighted by Crippen LogP contribution is -2.62. The molecule has 1 saturated carbocycles. The van der Waals surface area contributed by atoms with Gasteiger partial charge in [-0.05, 0) is 12.8 Å². The molecular formula is C9H16N2O2. The highest BCUT2D eigenvalue weighted by Gasteiger charge is 2.46. The van der Waals surface area contributed by atoms with Crippen molar-refractivity contribution in [3.8, 4) is 0 Å². The molecule has 2 aliphatic rings. The van der Waals surface area contributed by atoms with Crippen LogP contribution in [-0.4, -0.2) is 30.7 Å². The van der Waals surface area contributed by atoms with Gasteiger partial charge in [0.15, 0.2) is 0 Å². The van der Waals surface area contributed by atoms with Crippen molar-refractivity contribution in [2.75, 3.05) is 13.2 Å². The number of nitrogens with one attached hydrogen (secondary N) is 1. The van der Waals surface area contributed by atoms with E-state index in [1.807, 2.05) is 0 Å². The Kier molecular flexibility index (Phi) is 2.26.